The second-order valence-electron chi connectivity index (χ2n) is 2.36. The molecule has 2 nitrogen and oxygen atoms in total. The molecule has 0 atom stereocenters. The van der Waals surface area contributed by atoms with Crippen molar-refractivity contribution in [2.24, 2.45) is 4.99 Å². The normalized spacial score (nSPS) is 22.8. The molecule has 1 aliphatic rings. The van der Waals surface area contributed by atoms with Crippen LogP contribution in [0.15, 0.2) is 4.99 Å². The third-order valence-electron chi connectivity index (χ3n) is 0.913. The van der Waals surface area contributed by atoms with Crippen LogP contribution in [-0.4, -0.2) is 16.8 Å². The van der Waals surface area contributed by atoms with Gasteiger partial charge >= 0.3 is 0 Å². The van der Waals surface area contributed by atoms with Crippen molar-refractivity contribution in [2.45, 2.75) is 19.4 Å². The summed E-state index contributed by atoms with van der Waals surface area (Å²) in [7, 11) is 0. The maximum atomic E-state index is 4.21. The minimum Gasteiger partial charge on any atom is -0.344 e. The lowest BCUT2D eigenvalue weighted by Gasteiger charge is -2.09. The molecule has 0 fully saturated rings. The Morgan fingerprint density at radius 1 is 1.62 bits per heavy atom. The summed E-state index contributed by atoms with van der Waals surface area (Å²) in [6.07, 6.45) is 0. The van der Waals surface area contributed by atoms with E-state index in [0.29, 0.717) is 0 Å². The highest BCUT2D eigenvalue weighted by molar-refractivity contribution is 8.12. The molecule has 0 saturated heterocycles. The van der Waals surface area contributed by atoms with Crippen molar-refractivity contribution in [1.29, 1.82) is 0 Å². The molecule has 0 unspecified atom stereocenters. The zero-order chi connectivity index (χ0) is 5.33. The zero-order valence-electron chi connectivity index (χ0n) is 5.35. The summed E-state index contributed by atoms with van der Waals surface area (Å²) >= 11 is 1.79. The predicted molar refractivity (Wildman–Crippen MR) is 40.1 cm³/mol. The van der Waals surface area contributed by atoms with Gasteiger partial charge in [-0.1, -0.05) is 0 Å². The summed E-state index contributed by atoms with van der Waals surface area (Å²) in [5, 5.41) is 0. The van der Waals surface area contributed by atoms with Crippen LogP contribution >= 0.6 is 11.8 Å². The van der Waals surface area contributed by atoms with Gasteiger partial charge in [0.2, 0.25) is 0 Å². The molecule has 0 aromatic rings. The van der Waals surface area contributed by atoms with Gasteiger partial charge in [-0.2, -0.15) is 0 Å². The summed E-state index contributed by atoms with van der Waals surface area (Å²) < 4.78 is 0. The van der Waals surface area contributed by atoms with Crippen LogP contribution in [0.3, 0.4) is 0 Å². The van der Waals surface area contributed by atoms with E-state index in [9.17, 15) is 0 Å². The van der Waals surface area contributed by atoms with Gasteiger partial charge in [-0.25, -0.2) is 0 Å². The van der Waals surface area contributed by atoms with Crippen LogP contribution < -0.4 is 6.15 Å². The molecule has 8 heavy (non-hydrogen) atoms. The quantitative estimate of drug-likeness (QED) is 0.545. The molecule has 0 aliphatic carbocycles. The average molecular weight is 132 g/mol. The van der Waals surface area contributed by atoms with E-state index in [1.807, 2.05) is 5.55 Å². The van der Waals surface area contributed by atoms with Crippen LogP contribution in [0.2, 0.25) is 0 Å². The molecule has 0 bridgehead atoms. The smallest absolute Gasteiger partial charge is 0.0652 e. The summed E-state index contributed by atoms with van der Waals surface area (Å²) in [5.41, 5.74) is 2.16. The van der Waals surface area contributed by atoms with Crippen LogP contribution in [-0.2, 0) is 0 Å². The van der Waals surface area contributed by atoms with E-state index in [-0.39, 0.29) is 11.7 Å². The van der Waals surface area contributed by atoms with Crippen LogP contribution in [0.1, 0.15) is 13.8 Å². The molecule has 1 rings (SSSR count). The van der Waals surface area contributed by atoms with Gasteiger partial charge in [0, 0.05) is 5.75 Å². The van der Waals surface area contributed by atoms with Gasteiger partial charge in [-0.15, -0.1) is 11.8 Å². The van der Waals surface area contributed by atoms with E-state index < -0.39 is 0 Å². The van der Waals surface area contributed by atoms with E-state index in [0.717, 1.165) is 5.75 Å². The van der Waals surface area contributed by atoms with Crippen molar-refractivity contribution in [1.82, 2.24) is 6.15 Å². The number of nitrogens with zero attached hydrogens (tertiary/aromatic N) is 1. The van der Waals surface area contributed by atoms with Crippen molar-refractivity contribution in [2.75, 3.05) is 5.75 Å². The van der Waals surface area contributed by atoms with Gasteiger partial charge in [0.1, 0.15) is 0 Å². The van der Waals surface area contributed by atoms with Crippen LogP contribution in [0, 0.1) is 0 Å². The second kappa shape index (κ2) is 2.51. The lowest BCUT2D eigenvalue weighted by molar-refractivity contribution is 0.606. The van der Waals surface area contributed by atoms with Gasteiger partial charge in [0.05, 0.1) is 11.1 Å². The van der Waals surface area contributed by atoms with Gasteiger partial charge in [-0.3, -0.25) is 4.99 Å². The highest BCUT2D eigenvalue weighted by Crippen LogP contribution is 2.21. The first-order valence-corrected chi connectivity index (χ1v) is 3.41. The van der Waals surface area contributed by atoms with Crippen molar-refractivity contribution < 1.29 is 0 Å². The molecule has 0 aromatic heterocycles. The molecular formula is C5H12N2S. The van der Waals surface area contributed by atoms with Crippen molar-refractivity contribution in [3.63, 3.8) is 0 Å². The molecule has 3 heteroatoms. The summed E-state index contributed by atoms with van der Waals surface area (Å²) in [6, 6.07) is 0. The third kappa shape index (κ3) is 1.84. The molecule has 48 valence electrons. The Labute approximate surface area is 54.3 Å². The number of thioether (sulfide) groups is 1. The Morgan fingerprint density at radius 3 is 2.38 bits per heavy atom. The van der Waals surface area contributed by atoms with Gasteiger partial charge in [0.15, 0.2) is 0 Å². The van der Waals surface area contributed by atoms with E-state index in [1.54, 1.807) is 11.8 Å². The van der Waals surface area contributed by atoms with E-state index in [4.69, 9.17) is 0 Å². The molecule has 1 aliphatic heterocycles. The second-order valence-corrected chi connectivity index (χ2v) is 3.19. The first kappa shape index (κ1) is 7.98. The first-order valence-electron chi connectivity index (χ1n) is 2.36. The minimum atomic E-state index is 0. The molecular weight excluding hydrogens is 120 g/mol. The summed E-state index contributed by atoms with van der Waals surface area (Å²) in [4.78, 5) is 4.21. The topological polar surface area (TPSA) is 47.4 Å². The van der Waals surface area contributed by atoms with Crippen molar-refractivity contribution in [3.05, 3.63) is 0 Å². The Balaban J connectivity index is 0.000000490. The standard InChI is InChI=1S/C5H9NS.H3N/c1-5(2)3-7-4-6-5;/h4H,3H2,1-2H3;1H3. The van der Waals surface area contributed by atoms with Crippen LogP contribution in [0.4, 0.5) is 0 Å². The molecule has 0 spiro atoms. The maximum Gasteiger partial charge on any atom is 0.0652 e. The fourth-order valence-corrected chi connectivity index (χ4v) is 1.38. The molecule has 3 N–H and O–H groups in total. The number of hydrogen-bond acceptors (Lipinski definition) is 3. The molecule has 0 aromatic carbocycles. The molecule has 0 amide bonds. The van der Waals surface area contributed by atoms with Gasteiger partial charge in [-0.05, 0) is 13.8 Å². The lowest BCUT2D eigenvalue weighted by atomic mass is 10.1. The predicted octanol–water partition coefficient (Wildman–Crippen LogP) is 1.70. The molecule has 0 radical (unpaired) electrons. The fraction of sp³-hybridized carbons (Fsp3) is 0.800. The highest BCUT2D eigenvalue weighted by atomic mass is 32.2. The average Bonchev–Trinajstić information content (AvgIpc) is 1.84. The molecule has 1 heterocycles. The van der Waals surface area contributed by atoms with Gasteiger partial charge in [0.25, 0.3) is 0 Å². The largest absolute Gasteiger partial charge is 0.344 e. The number of rotatable bonds is 0. The highest BCUT2D eigenvalue weighted by Gasteiger charge is 2.18. The van der Waals surface area contributed by atoms with E-state index in [2.05, 4.69) is 18.8 Å². The Bertz CT molecular complexity index is 98.6. The van der Waals surface area contributed by atoms with Crippen LogP contribution in [0.5, 0.6) is 0 Å². The summed E-state index contributed by atoms with van der Waals surface area (Å²) in [5.74, 6) is 1.15. The van der Waals surface area contributed by atoms with E-state index >= 15 is 0 Å². The number of hydrogen-bond donors (Lipinski definition) is 1. The Morgan fingerprint density at radius 2 is 2.25 bits per heavy atom. The zero-order valence-corrected chi connectivity index (χ0v) is 6.16. The molecule has 0 saturated carbocycles. The van der Waals surface area contributed by atoms with Crippen LogP contribution in [0.25, 0.3) is 0 Å². The van der Waals surface area contributed by atoms with E-state index in [1.165, 1.54) is 0 Å². The lowest BCUT2D eigenvalue weighted by Crippen LogP contribution is -2.14. The monoisotopic (exact) mass is 132 g/mol. The van der Waals surface area contributed by atoms with Gasteiger partial charge < -0.3 is 6.15 Å². The SMILES string of the molecule is CC1(C)CSC=N1.N. The van der Waals surface area contributed by atoms with Crippen molar-refractivity contribution >= 4 is 17.3 Å². The fourth-order valence-electron chi connectivity index (χ4n) is 0.458. The number of aliphatic imine (C=N–C) groups is 1. The summed E-state index contributed by atoms with van der Waals surface area (Å²) in [6.45, 7) is 4.28. The maximum absolute atomic E-state index is 4.21. The van der Waals surface area contributed by atoms with Crippen molar-refractivity contribution in [3.8, 4) is 0 Å². The minimum absolute atomic E-state index is 0. The Hall–Kier alpha value is -0.0200. The third-order valence-corrected chi connectivity index (χ3v) is 2.04. The Kier molecular flexibility index (Phi) is 2.50. The first-order chi connectivity index (χ1) is 3.21.